The normalized spacial score (nSPS) is 25.9. The van der Waals surface area contributed by atoms with Gasteiger partial charge in [0.15, 0.2) is 0 Å². The zero-order chi connectivity index (χ0) is 11.7. The molecule has 1 aliphatic heterocycles. The zero-order valence-corrected chi connectivity index (χ0v) is 9.91. The molecule has 2 atom stereocenters. The number of rotatable bonds is 1. The molecule has 3 heteroatoms. The predicted octanol–water partition coefficient (Wildman–Crippen LogP) is 2.45. The van der Waals surface area contributed by atoms with E-state index in [1.54, 1.807) is 12.1 Å². The van der Waals surface area contributed by atoms with Gasteiger partial charge in [0.25, 0.3) is 0 Å². The monoisotopic (exact) mass is 222 g/mol. The van der Waals surface area contributed by atoms with Crippen LogP contribution in [0.5, 0.6) is 0 Å². The van der Waals surface area contributed by atoms with Crippen LogP contribution < -0.4 is 10.6 Å². The van der Waals surface area contributed by atoms with Crippen molar-refractivity contribution in [3.8, 4) is 0 Å². The molecule has 16 heavy (non-hydrogen) atoms. The van der Waals surface area contributed by atoms with Gasteiger partial charge in [-0.3, -0.25) is 0 Å². The summed E-state index contributed by atoms with van der Waals surface area (Å²) in [5.74, 6) is -0.132. The predicted molar refractivity (Wildman–Crippen MR) is 65.2 cm³/mol. The second kappa shape index (κ2) is 4.42. The van der Waals surface area contributed by atoms with E-state index in [0.717, 1.165) is 30.6 Å². The van der Waals surface area contributed by atoms with Crippen molar-refractivity contribution in [3.63, 3.8) is 0 Å². The minimum atomic E-state index is -0.132. The van der Waals surface area contributed by atoms with Crippen molar-refractivity contribution in [1.82, 2.24) is 0 Å². The van der Waals surface area contributed by atoms with E-state index >= 15 is 0 Å². The van der Waals surface area contributed by atoms with E-state index in [-0.39, 0.29) is 11.9 Å². The molecule has 88 valence electrons. The van der Waals surface area contributed by atoms with Gasteiger partial charge in [-0.15, -0.1) is 0 Å². The SMILES string of the molecule is Cc1ccc(F)c(N2CCC(N)CC2C)c1. The number of anilines is 1. The van der Waals surface area contributed by atoms with E-state index < -0.39 is 0 Å². The lowest BCUT2D eigenvalue weighted by molar-refractivity contribution is 0.424. The lowest BCUT2D eigenvalue weighted by Crippen LogP contribution is -2.46. The van der Waals surface area contributed by atoms with Crippen molar-refractivity contribution in [2.24, 2.45) is 5.73 Å². The van der Waals surface area contributed by atoms with Crippen molar-refractivity contribution >= 4 is 5.69 Å². The van der Waals surface area contributed by atoms with E-state index in [0.29, 0.717) is 6.04 Å². The molecule has 2 unspecified atom stereocenters. The minimum Gasteiger partial charge on any atom is -0.366 e. The molecule has 0 radical (unpaired) electrons. The molecule has 0 saturated carbocycles. The fourth-order valence-corrected chi connectivity index (χ4v) is 2.41. The maximum Gasteiger partial charge on any atom is 0.146 e. The number of hydrogen-bond acceptors (Lipinski definition) is 2. The Morgan fingerprint density at radius 1 is 1.44 bits per heavy atom. The van der Waals surface area contributed by atoms with Crippen molar-refractivity contribution in [1.29, 1.82) is 0 Å². The highest BCUT2D eigenvalue weighted by Crippen LogP contribution is 2.27. The molecule has 1 fully saturated rings. The molecule has 2 rings (SSSR count). The Hall–Kier alpha value is -1.09. The Labute approximate surface area is 96.2 Å². The number of nitrogens with two attached hydrogens (primary N) is 1. The summed E-state index contributed by atoms with van der Waals surface area (Å²) in [4.78, 5) is 2.13. The first kappa shape index (κ1) is 11.4. The van der Waals surface area contributed by atoms with E-state index in [1.165, 1.54) is 0 Å². The maximum atomic E-state index is 13.8. The van der Waals surface area contributed by atoms with Crippen molar-refractivity contribution in [2.45, 2.75) is 38.8 Å². The van der Waals surface area contributed by atoms with Crippen LogP contribution in [0, 0.1) is 12.7 Å². The van der Waals surface area contributed by atoms with Crippen LogP contribution in [0.3, 0.4) is 0 Å². The van der Waals surface area contributed by atoms with Crippen molar-refractivity contribution < 1.29 is 4.39 Å². The second-order valence-corrected chi connectivity index (χ2v) is 4.78. The molecule has 1 aliphatic rings. The highest BCUT2D eigenvalue weighted by Gasteiger charge is 2.25. The van der Waals surface area contributed by atoms with Crippen LogP contribution in [0.4, 0.5) is 10.1 Å². The van der Waals surface area contributed by atoms with E-state index in [4.69, 9.17) is 5.73 Å². The van der Waals surface area contributed by atoms with E-state index in [9.17, 15) is 4.39 Å². The minimum absolute atomic E-state index is 0.132. The number of piperidine rings is 1. The first-order valence-electron chi connectivity index (χ1n) is 5.86. The smallest absolute Gasteiger partial charge is 0.146 e. The largest absolute Gasteiger partial charge is 0.366 e. The lowest BCUT2D eigenvalue weighted by Gasteiger charge is -2.38. The second-order valence-electron chi connectivity index (χ2n) is 4.78. The summed E-state index contributed by atoms with van der Waals surface area (Å²) < 4.78 is 13.8. The van der Waals surface area contributed by atoms with E-state index in [2.05, 4.69) is 11.8 Å². The number of halogens is 1. The van der Waals surface area contributed by atoms with Gasteiger partial charge in [-0.25, -0.2) is 4.39 Å². The third-order valence-corrected chi connectivity index (χ3v) is 3.33. The van der Waals surface area contributed by atoms with Gasteiger partial charge in [0, 0.05) is 18.6 Å². The molecule has 0 aliphatic carbocycles. The molecule has 1 heterocycles. The fourth-order valence-electron chi connectivity index (χ4n) is 2.41. The average Bonchev–Trinajstić information content (AvgIpc) is 2.22. The van der Waals surface area contributed by atoms with Gasteiger partial charge in [-0.1, -0.05) is 6.07 Å². The Morgan fingerprint density at radius 2 is 2.19 bits per heavy atom. The topological polar surface area (TPSA) is 29.3 Å². The van der Waals surface area contributed by atoms with Gasteiger partial charge >= 0.3 is 0 Å². The van der Waals surface area contributed by atoms with Gasteiger partial charge in [0.05, 0.1) is 5.69 Å². The summed E-state index contributed by atoms with van der Waals surface area (Å²) in [7, 11) is 0. The number of nitrogens with zero attached hydrogens (tertiary/aromatic N) is 1. The van der Waals surface area contributed by atoms with Crippen LogP contribution in [0.25, 0.3) is 0 Å². The maximum absolute atomic E-state index is 13.8. The molecular weight excluding hydrogens is 203 g/mol. The summed E-state index contributed by atoms with van der Waals surface area (Å²) in [5, 5.41) is 0. The summed E-state index contributed by atoms with van der Waals surface area (Å²) in [6, 6.07) is 5.85. The van der Waals surface area contributed by atoms with Gasteiger partial charge in [-0.05, 0) is 44.4 Å². The molecule has 1 aromatic rings. The highest BCUT2D eigenvalue weighted by atomic mass is 19.1. The molecule has 0 amide bonds. The number of benzene rings is 1. The molecule has 1 aromatic carbocycles. The van der Waals surface area contributed by atoms with Gasteiger partial charge in [-0.2, -0.15) is 0 Å². The Balaban J connectivity index is 2.26. The molecule has 2 nitrogen and oxygen atoms in total. The number of aryl methyl sites for hydroxylation is 1. The van der Waals surface area contributed by atoms with Crippen LogP contribution in [0.15, 0.2) is 18.2 Å². The molecule has 0 aromatic heterocycles. The number of hydrogen-bond donors (Lipinski definition) is 1. The summed E-state index contributed by atoms with van der Waals surface area (Å²) in [5.41, 5.74) is 7.73. The summed E-state index contributed by atoms with van der Waals surface area (Å²) in [6.45, 7) is 4.95. The summed E-state index contributed by atoms with van der Waals surface area (Å²) >= 11 is 0. The molecule has 2 N–H and O–H groups in total. The third-order valence-electron chi connectivity index (χ3n) is 3.33. The van der Waals surface area contributed by atoms with Gasteiger partial charge in [0.2, 0.25) is 0 Å². The first-order chi connectivity index (χ1) is 7.58. The van der Waals surface area contributed by atoms with Crippen LogP contribution in [-0.2, 0) is 0 Å². The van der Waals surface area contributed by atoms with Crippen molar-refractivity contribution in [2.75, 3.05) is 11.4 Å². The van der Waals surface area contributed by atoms with Crippen LogP contribution in [0.2, 0.25) is 0 Å². The molecule has 0 spiro atoms. The van der Waals surface area contributed by atoms with Crippen LogP contribution in [-0.4, -0.2) is 18.6 Å². The highest BCUT2D eigenvalue weighted by molar-refractivity contribution is 5.51. The van der Waals surface area contributed by atoms with E-state index in [1.807, 2.05) is 13.0 Å². The van der Waals surface area contributed by atoms with Crippen LogP contribution in [0.1, 0.15) is 25.3 Å². The van der Waals surface area contributed by atoms with Gasteiger partial charge < -0.3 is 10.6 Å². The zero-order valence-electron chi connectivity index (χ0n) is 9.91. The van der Waals surface area contributed by atoms with Crippen molar-refractivity contribution in [3.05, 3.63) is 29.6 Å². The standard InChI is InChI=1S/C13H19FN2/c1-9-3-4-12(14)13(7-9)16-6-5-11(15)8-10(16)2/h3-4,7,10-11H,5-6,8,15H2,1-2H3. The quantitative estimate of drug-likeness (QED) is 0.791. The Morgan fingerprint density at radius 3 is 2.88 bits per heavy atom. The van der Waals surface area contributed by atoms with Crippen LogP contribution >= 0.6 is 0 Å². The molecule has 1 saturated heterocycles. The lowest BCUT2D eigenvalue weighted by atomic mass is 9.98. The first-order valence-corrected chi connectivity index (χ1v) is 5.86. The average molecular weight is 222 g/mol. The molecular formula is C13H19FN2. The molecule has 0 bridgehead atoms. The Bertz CT molecular complexity index is 378. The Kier molecular flexibility index (Phi) is 3.15. The third kappa shape index (κ3) is 2.19. The fraction of sp³-hybridized carbons (Fsp3) is 0.538. The van der Waals surface area contributed by atoms with Gasteiger partial charge in [0.1, 0.15) is 5.82 Å². The summed E-state index contributed by atoms with van der Waals surface area (Å²) in [6.07, 6.45) is 1.88.